The fraction of sp³-hybridized carbons (Fsp3) is 0.0513. The lowest BCUT2D eigenvalue weighted by Gasteiger charge is -2.21. The highest BCUT2D eigenvalue weighted by atomic mass is 32.1. The Morgan fingerprint density at radius 3 is 2.16 bits per heavy atom. The van der Waals surface area contributed by atoms with Crippen molar-refractivity contribution in [3.8, 4) is 0 Å². The number of thiophene rings is 1. The first-order valence-electron chi connectivity index (χ1n) is 15.0. The zero-order valence-electron chi connectivity index (χ0n) is 24.2. The van der Waals surface area contributed by atoms with Gasteiger partial charge in [-0.1, -0.05) is 97.1 Å². The molecular formula is C39H28N4OS. The van der Waals surface area contributed by atoms with Crippen LogP contribution in [0.1, 0.15) is 23.5 Å². The van der Waals surface area contributed by atoms with Gasteiger partial charge in [-0.2, -0.15) is 0 Å². The molecule has 4 N–H and O–H groups in total. The van der Waals surface area contributed by atoms with Crippen molar-refractivity contribution in [1.82, 2.24) is 4.57 Å². The molecule has 0 aliphatic carbocycles. The quantitative estimate of drug-likeness (QED) is 0.193. The summed E-state index contributed by atoms with van der Waals surface area (Å²) in [7, 11) is 0. The first kappa shape index (κ1) is 26.2. The molecule has 3 heterocycles. The second-order valence-corrected chi connectivity index (χ2v) is 12.5. The molecule has 3 aromatic heterocycles. The number of nitrogens with zero attached hydrogens (tertiary/aromatic N) is 2. The molecule has 0 fully saturated rings. The maximum atomic E-state index is 7.30. The second-order valence-electron chi connectivity index (χ2n) is 11.4. The summed E-state index contributed by atoms with van der Waals surface area (Å²) < 4.78 is 10.9. The van der Waals surface area contributed by atoms with Gasteiger partial charge in [-0.15, -0.1) is 11.3 Å². The average molecular weight is 601 g/mol. The molecular weight excluding hydrogens is 573 g/mol. The Labute approximate surface area is 262 Å². The van der Waals surface area contributed by atoms with E-state index < -0.39 is 12.3 Å². The lowest BCUT2D eigenvalue weighted by atomic mass is 10.1. The Morgan fingerprint density at radius 1 is 0.622 bits per heavy atom. The van der Waals surface area contributed by atoms with Crippen molar-refractivity contribution in [2.24, 2.45) is 16.5 Å². The van der Waals surface area contributed by atoms with E-state index in [-0.39, 0.29) is 0 Å². The van der Waals surface area contributed by atoms with E-state index in [4.69, 9.17) is 20.9 Å². The fourth-order valence-electron chi connectivity index (χ4n) is 6.76. The van der Waals surface area contributed by atoms with Crippen molar-refractivity contribution in [3.05, 3.63) is 145 Å². The van der Waals surface area contributed by atoms with Crippen LogP contribution in [0.2, 0.25) is 0 Å². The molecule has 1 unspecified atom stereocenters. The van der Waals surface area contributed by atoms with E-state index in [1.807, 2.05) is 72.0 Å². The van der Waals surface area contributed by atoms with Gasteiger partial charge in [0.1, 0.15) is 23.5 Å². The van der Waals surface area contributed by atoms with E-state index in [0.717, 1.165) is 55.2 Å². The molecule has 0 saturated carbocycles. The molecule has 2 atom stereocenters. The lowest BCUT2D eigenvalue weighted by Crippen LogP contribution is -2.30. The number of benzene rings is 6. The predicted molar refractivity (Wildman–Crippen MR) is 189 cm³/mol. The molecule has 45 heavy (non-hydrogen) atoms. The number of aromatic nitrogens is 1. The minimum atomic E-state index is -0.587. The van der Waals surface area contributed by atoms with Crippen molar-refractivity contribution < 1.29 is 4.42 Å². The van der Waals surface area contributed by atoms with Crippen LogP contribution in [-0.2, 0) is 0 Å². The minimum absolute atomic E-state index is 0.555. The van der Waals surface area contributed by atoms with E-state index in [2.05, 4.69) is 77.4 Å². The number of rotatable bonds is 5. The van der Waals surface area contributed by atoms with Gasteiger partial charge in [0, 0.05) is 41.7 Å². The van der Waals surface area contributed by atoms with Crippen molar-refractivity contribution >= 4 is 81.0 Å². The Bertz CT molecular complexity index is 2580. The van der Waals surface area contributed by atoms with Crippen LogP contribution >= 0.6 is 11.3 Å². The zero-order chi connectivity index (χ0) is 30.1. The molecule has 0 saturated heterocycles. The summed E-state index contributed by atoms with van der Waals surface area (Å²) in [5.74, 6) is 0. The molecule has 0 radical (unpaired) electrons. The Balaban J connectivity index is 1.31. The van der Waals surface area contributed by atoms with Gasteiger partial charge in [-0.25, -0.2) is 0 Å². The van der Waals surface area contributed by atoms with E-state index in [1.165, 1.54) is 25.6 Å². The molecule has 0 aliphatic rings. The van der Waals surface area contributed by atoms with Crippen LogP contribution in [0.15, 0.2) is 143 Å². The second kappa shape index (κ2) is 10.1. The van der Waals surface area contributed by atoms with Crippen molar-refractivity contribution in [2.45, 2.75) is 12.3 Å². The molecule has 9 aromatic rings. The molecule has 5 nitrogen and oxygen atoms in total. The largest absolute Gasteiger partial charge is 0.456 e. The molecule has 216 valence electrons. The number of nitrogens with two attached hydrogens (primary N) is 2. The highest BCUT2D eigenvalue weighted by Crippen LogP contribution is 2.45. The van der Waals surface area contributed by atoms with Gasteiger partial charge in [-0.05, 0) is 47.5 Å². The minimum Gasteiger partial charge on any atom is -0.456 e. The van der Waals surface area contributed by atoms with Gasteiger partial charge in [0.2, 0.25) is 0 Å². The summed E-state index contributed by atoms with van der Waals surface area (Å²) in [5.41, 5.74) is 20.5. The van der Waals surface area contributed by atoms with Crippen LogP contribution in [0.5, 0.6) is 0 Å². The van der Waals surface area contributed by atoms with E-state index in [0.29, 0.717) is 0 Å². The molecule has 0 spiro atoms. The third-order valence-electron chi connectivity index (χ3n) is 8.86. The van der Waals surface area contributed by atoms with Crippen LogP contribution in [0.25, 0.3) is 63.9 Å². The first-order chi connectivity index (χ1) is 22.2. The maximum absolute atomic E-state index is 7.30. The molecule has 0 amide bonds. The third kappa shape index (κ3) is 4.04. The number of para-hydroxylation sites is 2. The van der Waals surface area contributed by atoms with Crippen molar-refractivity contribution in [1.29, 1.82) is 0 Å². The smallest absolute Gasteiger partial charge is 0.136 e. The van der Waals surface area contributed by atoms with E-state index in [9.17, 15) is 0 Å². The SMILES string of the molecule is NC(N=C(c1ccccc1)[C@H](N)n1c2ccccc2c2cc3sc4c(ccc5oc6ccccc6c54)c3cc21)c1ccccc1. The third-order valence-corrected chi connectivity index (χ3v) is 10.0. The monoisotopic (exact) mass is 600 g/mol. The summed E-state index contributed by atoms with van der Waals surface area (Å²) in [6.45, 7) is 0. The summed E-state index contributed by atoms with van der Waals surface area (Å²) in [4.78, 5) is 5.09. The number of aliphatic imine (C=N–C) groups is 1. The van der Waals surface area contributed by atoms with Gasteiger partial charge in [0.25, 0.3) is 0 Å². The predicted octanol–water partition coefficient (Wildman–Crippen LogP) is 9.67. The topological polar surface area (TPSA) is 82.5 Å². The molecule has 9 rings (SSSR count). The first-order valence-corrected chi connectivity index (χ1v) is 15.9. The van der Waals surface area contributed by atoms with E-state index >= 15 is 0 Å². The van der Waals surface area contributed by atoms with Gasteiger partial charge >= 0.3 is 0 Å². The Morgan fingerprint density at radius 2 is 1.33 bits per heavy atom. The average Bonchev–Trinajstić information content (AvgIpc) is 3.75. The number of hydrogen-bond donors (Lipinski definition) is 2. The number of fused-ring (bicyclic) bond motifs is 10. The standard InChI is InChI=1S/C39H28N4OS/c40-38(24-13-5-2-6-14-24)42-36(23-11-3-1-4-12-23)39(41)43-30-17-9-7-15-25(30)28-22-34-29(21-31(28)43)26-19-20-33-35(37(26)45-34)27-16-8-10-18-32(27)44-33/h1-22,38-39H,40-41H2/t38?,39-/m1/s1. The van der Waals surface area contributed by atoms with Crippen LogP contribution in [0.3, 0.4) is 0 Å². The number of hydrogen-bond acceptors (Lipinski definition) is 5. The zero-order valence-corrected chi connectivity index (χ0v) is 25.0. The lowest BCUT2D eigenvalue weighted by molar-refractivity contribution is 0.669. The van der Waals surface area contributed by atoms with Gasteiger partial charge < -0.3 is 20.5 Å². The maximum Gasteiger partial charge on any atom is 0.136 e. The van der Waals surface area contributed by atoms with E-state index in [1.54, 1.807) is 0 Å². The Kier molecular flexibility index (Phi) is 5.90. The Hall–Kier alpha value is -5.27. The normalized spacial score (nSPS) is 14.0. The summed E-state index contributed by atoms with van der Waals surface area (Å²) in [6.07, 6.45) is -1.14. The van der Waals surface area contributed by atoms with Crippen LogP contribution in [0, 0.1) is 0 Å². The number of furan rings is 1. The molecule has 6 heteroatoms. The van der Waals surface area contributed by atoms with Gasteiger partial charge in [-0.3, -0.25) is 4.99 Å². The molecule has 0 aliphatic heterocycles. The fourth-order valence-corrected chi connectivity index (χ4v) is 8.04. The van der Waals surface area contributed by atoms with Gasteiger partial charge in [0.05, 0.1) is 16.7 Å². The van der Waals surface area contributed by atoms with Crippen molar-refractivity contribution in [3.63, 3.8) is 0 Å². The summed E-state index contributed by atoms with van der Waals surface area (Å²) in [6, 6.07) is 45.7. The van der Waals surface area contributed by atoms with Crippen molar-refractivity contribution in [2.75, 3.05) is 0 Å². The highest BCUT2D eigenvalue weighted by Gasteiger charge is 2.24. The molecule has 0 bridgehead atoms. The summed E-state index contributed by atoms with van der Waals surface area (Å²) in [5, 5.41) is 7.04. The molecule has 6 aromatic carbocycles. The summed E-state index contributed by atoms with van der Waals surface area (Å²) >= 11 is 1.82. The highest BCUT2D eigenvalue weighted by molar-refractivity contribution is 7.26. The van der Waals surface area contributed by atoms with Crippen LogP contribution in [-0.4, -0.2) is 10.3 Å². The van der Waals surface area contributed by atoms with Crippen LogP contribution < -0.4 is 11.5 Å². The van der Waals surface area contributed by atoms with Gasteiger partial charge in [0.15, 0.2) is 0 Å². The van der Waals surface area contributed by atoms with Crippen LogP contribution in [0.4, 0.5) is 0 Å².